The Balaban J connectivity index is 0.00000243. The fourth-order valence-electron chi connectivity index (χ4n) is 4.55. The smallest absolute Gasteiger partial charge is 0.325 e. The Labute approximate surface area is 161 Å². The van der Waals surface area contributed by atoms with Crippen LogP contribution in [0.1, 0.15) is 45.4 Å². The number of hydrogen-bond acceptors (Lipinski definition) is 4. The molecule has 0 bridgehead atoms. The van der Waals surface area contributed by atoms with E-state index in [1.165, 1.54) is 0 Å². The van der Waals surface area contributed by atoms with E-state index in [0.29, 0.717) is 25.4 Å². The normalized spacial score (nSPS) is 29.7. The summed E-state index contributed by atoms with van der Waals surface area (Å²) in [5.41, 5.74) is -0.782. The standard InChI is InChI=1S/C18H30N4O3.ClH/c1-13-5-3-4-8-18(13)16(24)22(17(25)20-18)12-15(23)21-9-6-14(7-10-21)11-19-2;/h13-14,19H,3-12H2,1-2H3,(H,20,25);1H. The highest BCUT2D eigenvalue weighted by atomic mass is 35.5. The van der Waals surface area contributed by atoms with Crippen LogP contribution in [0.15, 0.2) is 0 Å². The van der Waals surface area contributed by atoms with Crippen molar-refractivity contribution in [3.05, 3.63) is 0 Å². The molecule has 2 heterocycles. The van der Waals surface area contributed by atoms with Crippen LogP contribution in [0.4, 0.5) is 4.79 Å². The summed E-state index contributed by atoms with van der Waals surface area (Å²) in [6.45, 7) is 4.27. The third-order valence-electron chi connectivity index (χ3n) is 6.25. The average Bonchev–Trinajstić information content (AvgIpc) is 2.83. The summed E-state index contributed by atoms with van der Waals surface area (Å²) in [5, 5.41) is 6.09. The Hall–Kier alpha value is -1.34. The molecule has 148 valence electrons. The summed E-state index contributed by atoms with van der Waals surface area (Å²) < 4.78 is 0. The summed E-state index contributed by atoms with van der Waals surface area (Å²) in [6.07, 6.45) is 5.58. The summed E-state index contributed by atoms with van der Waals surface area (Å²) >= 11 is 0. The number of nitrogens with one attached hydrogen (secondary N) is 2. The maximum absolute atomic E-state index is 12.9. The molecule has 26 heavy (non-hydrogen) atoms. The van der Waals surface area contributed by atoms with Crippen molar-refractivity contribution in [1.82, 2.24) is 20.4 Å². The summed E-state index contributed by atoms with van der Waals surface area (Å²) in [4.78, 5) is 40.8. The van der Waals surface area contributed by atoms with E-state index in [2.05, 4.69) is 10.6 Å². The third-order valence-corrected chi connectivity index (χ3v) is 6.25. The lowest BCUT2D eigenvalue weighted by Crippen LogP contribution is -2.54. The van der Waals surface area contributed by atoms with Crippen LogP contribution in [-0.4, -0.2) is 66.4 Å². The summed E-state index contributed by atoms with van der Waals surface area (Å²) in [5.74, 6) is 0.391. The van der Waals surface area contributed by atoms with Crippen molar-refractivity contribution >= 4 is 30.3 Å². The van der Waals surface area contributed by atoms with Crippen molar-refractivity contribution in [3.63, 3.8) is 0 Å². The van der Waals surface area contributed by atoms with Crippen LogP contribution in [0, 0.1) is 11.8 Å². The van der Waals surface area contributed by atoms with Gasteiger partial charge >= 0.3 is 6.03 Å². The van der Waals surface area contributed by atoms with E-state index >= 15 is 0 Å². The lowest BCUT2D eigenvalue weighted by molar-refractivity contribution is -0.141. The largest absolute Gasteiger partial charge is 0.341 e. The molecule has 2 aliphatic heterocycles. The van der Waals surface area contributed by atoms with Gasteiger partial charge in [-0.25, -0.2) is 4.79 Å². The Bertz CT molecular complexity index is 551. The molecule has 0 aromatic heterocycles. The number of hydrogen-bond donors (Lipinski definition) is 2. The molecule has 0 radical (unpaired) electrons. The molecule has 3 fully saturated rings. The van der Waals surface area contributed by atoms with E-state index in [1.54, 1.807) is 4.90 Å². The summed E-state index contributed by atoms with van der Waals surface area (Å²) in [7, 11) is 1.94. The molecule has 2 atom stereocenters. The minimum Gasteiger partial charge on any atom is -0.341 e. The van der Waals surface area contributed by atoms with E-state index in [4.69, 9.17) is 0 Å². The molecule has 8 heteroatoms. The third kappa shape index (κ3) is 3.83. The van der Waals surface area contributed by atoms with Gasteiger partial charge in [-0.2, -0.15) is 0 Å². The molecule has 2 unspecified atom stereocenters. The van der Waals surface area contributed by atoms with Crippen LogP contribution in [0.2, 0.25) is 0 Å². The van der Waals surface area contributed by atoms with Gasteiger partial charge in [0.05, 0.1) is 0 Å². The topological polar surface area (TPSA) is 81.8 Å². The highest BCUT2D eigenvalue weighted by Crippen LogP contribution is 2.38. The first-order valence-electron chi connectivity index (χ1n) is 9.54. The fourth-order valence-corrected chi connectivity index (χ4v) is 4.55. The number of likely N-dealkylation sites (tertiary alicyclic amines) is 1. The average molecular weight is 387 g/mol. The minimum atomic E-state index is -0.782. The van der Waals surface area contributed by atoms with Gasteiger partial charge in [-0.05, 0) is 51.1 Å². The van der Waals surface area contributed by atoms with Crippen molar-refractivity contribution in [3.8, 4) is 0 Å². The molecule has 1 spiro atoms. The maximum atomic E-state index is 12.9. The van der Waals surface area contributed by atoms with Crippen LogP contribution in [0.3, 0.4) is 0 Å². The number of amides is 4. The second-order valence-corrected chi connectivity index (χ2v) is 7.82. The number of carbonyl (C=O) groups excluding carboxylic acids is 3. The van der Waals surface area contributed by atoms with Crippen LogP contribution in [0.5, 0.6) is 0 Å². The molecule has 1 aliphatic carbocycles. The quantitative estimate of drug-likeness (QED) is 0.715. The van der Waals surface area contributed by atoms with Gasteiger partial charge in [-0.1, -0.05) is 19.8 Å². The predicted molar refractivity (Wildman–Crippen MR) is 101 cm³/mol. The van der Waals surface area contributed by atoms with Gasteiger partial charge in [-0.15, -0.1) is 12.4 Å². The number of halogens is 1. The molecule has 2 saturated heterocycles. The van der Waals surface area contributed by atoms with Crippen molar-refractivity contribution < 1.29 is 14.4 Å². The SMILES string of the molecule is CNCC1CCN(C(=O)CN2C(=O)NC3(CCCCC3C)C2=O)CC1.Cl. The van der Waals surface area contributed by atoms with E-state index in [0.717, 1.165) is 43.5 Å². The highest BCUT2D eigenvalue weighted by molar-refractivity contribution is 6.09. The molecule has 3 aliphatic rings. The monoisotopic (exact) mass is 386 g/mol. The van der Waals surface area contributed by atoms with E-state index < -0.39 is 11.6 Å². The Kier molecular flexibility index (Phi) is 6.91. The number of carbonyl (C=O) groups is 3. The van der Waals surface area contributed by atoms with E-state index in [1.807, 2.05) is 14.0 Å². The maximum Gasteiger partial charge on any atom is 0.325 e. The van der Waals surface area contributed by atoms with Gasteiger partial charge in [0.25, 0.3) is 5.91 Å². The zero-order valence-corrected chi connectivity index (χ0v) is 16.6. The fraction of sp³-hybridized carbons (Fsp3) is 0.833. The first-order valence-corrected chi connectivity index (χ1v) is 9.54. The molecule has 7 nitrogen and oxygen atoms in total. The zero-order chi connectivity index (χ0) is 18.0. The zero-order valence-electron chi connectivity index (χ0n) is 15.8. The number of nitrogens with zero attached hydrogens (tertiary/aromatic N) is 2. The number of urea groups is 1. The molecule has 0 aromatic rings. The van der Waals surface area contributed by atoms with Gasteiger partial charge in [-0.3, -0.25) is 14.5 Å². The minimum absolute atomic E-state index is 0. The van der Waals surface area contributed by atoms with Crippen LogP contribution in [-0.2, 0) is 9.59 Å². The van der Waals surface area contributed by atoms with E-state index in [-0.39, 0.29) is 36.7 Å². The van der Waals surface area contributed by atoms with Crippen LogP contribution in [0.25, 0.3) is 0 Å². The Morgan fingerprint density at radius 2 is 1.92 bits per heavy atom. The first-order chi connectivity index (χ1) is 12.0. The van der Waals surface area contributed by atoms with Gasteiger partial charge in [0, 0.05) is 13.1 Å². The van der Waals surface area contributed by atoms with Gasteiger partial charge < -0.3 is 15.5 Å². The molecule has 4 amide bonds. The molecular formula is C18H31ClN4O3. The molecular weight excluding hydrogens is 356 g/mol. The van der Waals surface area contributed by atoms with E-state index in [9.17, 15) is 14.4 Å². The van der Waals surface area contributed by atoms with Gasteiger partial charge in [0.2, 0.25) is 5.91 Å². The van der Waals surface area contributed by atoms with Crippen molar-refractivity contribution in [2.75, 3.05) is 33.2 Å². The molecule has 2 N–H and O–H groups in total. The van der Waals surface area contributed by atoms with Crippen molar-refractivity contribution in [2.24, 2.45) is 11.8 Å². The van der Waals surface area contributed by atoms with Crippen molar-refractivity contribution in [2.45, 2.75) is 51.0 Å². The van der Waals surface area contributed by atoms with Crippen LogP contribution < -0.4 is 10.6 Å². The first kappa shape index (κ1) is 21.0. The molecule has 0 aromatic carbocycles. The number of piperidine rings is 1. The van der Waals surface area contributed by atoms with Gasteiger partial charge in [0.1, 0.15) is 12.1 Å². The highest BCUT2D eigenvalue weighted by Gasteiger charge is 2.55. The second kappa shape index (κ2) is 8.57. The second-order valence-electron chi connectivity index (χ2n) is 7.82. The number of imide groups is 1. The summed E-state index contributed by atoms with van der Waals surface area (Å²) in [6, 6.07) is -0.405. The van der Waals surface area contributed by atoms with Crippen molar-refractivity contribution in [1.29, 1.82) is 0 Å². The molecule has 3 rings (SSSR count). The van der Waals surface area contributed by atoms with Gasteiger partial charge in [0.15, 0.2) is 0 Å². The lowest BCUT2D eigenvalue weighted by Gasteiger charge is -2.37. The molecule has 1 saturated carbocycles. The predicted octanol–water partition coefficient (Wildman–Crippen LogP) is 1.37. The van der Waals surface area contributed by atoms with Crippen LogP contribution >= 0.6 is 12.4 Å². The number of rotatable bonds is 4. The Morgan fingerprint density at radius 3 is 2.54 bits per heavy atom. The Morgan fingerprint density at radius 1 is 1.23 bits per heavy atom. The lowest BCUT2D eigenvalue weighted by atomic mass is 9.73.